The van der Waals surface area contributed by atoms with E-state index in [1.54, 1.807) is 25.2 Å². The number of methoxy groups -OCH3 is 1. The number of likely N-dealkylation sites (N-methyl/N-ethyl adjacent to an activating group) is 1. The lowest BCUT2D eigenvalue weighted by molar-refractivity contribution is -0.862. The Bertz CT molecular complexity index is 1040. The van der Waals surface area contributed by atoms with E-state index in [1.165, 1.54) is 7.11 Å². The van der Waals surface area contributed by atoms with Gasteiger partial charge >= 0.3 is 0 Å². The van der Waals surface area contributed by atoms with Crippen molar-refractivity contribution in [2.24, 2.45) is 0 Å². The number of ether oxygens (including phenoxy) is 1. The second-order valence-corrected chi connectivity index (χ2v) is 7.25. The minimum Gasteiger partial charge on any atom is -0.495 e. The monoisotopic (exact) mass is 412 g/mol. The van der Waals surface area contributed by atoms with E-state index in [9.17, 15) is 9.59 Å². The Kier molecular flexibility index (Phi) is 6.69. The van der Waals surface area contributed by atoms with Gasteiger partial charge in [0.25, 0.3) is 11.8 Å². The number of hydrogen-bond donors (Lipinski definition) is 3. The van der Waals surface area contributed by atoms with Crippen molar-refractivity contribution in [3.8, 4) is 5.75 Å². The molecule has 0 aliphatic heterocycles. The van der Waals surface area contributed by atoms with Gasteiger partial charge in [0.1, 0.15) is 5.75 Å². The summed E-state index contributed by atoms with van der Waals surface area (Å²) < 4.78 is 5.22. The molecule has 2 amide bonds. The minimum absolute atomic E-state index is 0.126. The van der Waals surface area contributed by atoms with Gasteiger partial charge in [-0.05, 0) is 41.1 Å². The summed E-state index contributed by atoms with van der Waals surface area (Å²) in [5, 5.41) is 8.33. The van der Waals surface area contributed by atoms with Crippen LogP contribution in [0.25, 0.3) is 10.8 Å². The van der Waals surface area contributed by atoms with Crippen LogP contribution in [-0.4, -0.2) is 39.1 Å². The van der Waals surface area contributed by atoms with Gasteiger partial charge in [-0.25, -0.2) is 0 Å². The topological polar surface area (TPSA) is 71.9 Å². The van der Waals surface area contributed by atoms with Crippen molar-refractivity contribution >= 4 is 45.6 Å². The number of amides is 2. The predicted molar refractivity (Wildman–Crippen MR) is 116 cm³/mol. The van der Waals surface area contributed by atoms with E-state index in [2.05, 4.69) is 10.6 Å². The normalized spacial score (nSPS) is 11.7. The maximum absolute atomic E-state index is 12.3. The fourth-order valence-corrected chi connectivity index (χ4v) is 3.23. The van der Waals surface area contributed by atoms with Crippen LogP contribution in [0.2, 0.25) is 5.02 Å². The summed E-state index contributed by atoms with van der Waals surface area (Å²) in [5.74, 6) is 0.127. The predicted octanol–water partition coefficient (Wildman–Crippen LogP) is 2.59. The Morgan fingerprint density at radius 1 is 0.931 bits per heavy atom. The molecule has 0 heterocycles. The summed E-state index contributed by atoms with van der Waals surface area (Å²) in [6.45, 7) is 0.285. The van der Waals surface area contributed by atoms with Crippen LogP contribution >= 0.6 is 11.6 Å². The summed E-state index contributed by atoms with van der Waals surface area (Å²) in [6, 6.07) is 18.7. The third-order valence-corrected chi connectivity index (χ3v) is 4.63. The molecule has 3 rings (SSSR count). The number of benzene rings is 3. The summed E-state index contributed by atoms with van der Waals surface area (Å²) in [7, 11) is 3.31. The first-order valence-electron chi connectivity index (χ1n) is 9.18. The van der Waals surface area contributed by atoms with Gasteiger partial charge in [0.2, 0.25) is 0 Å². The molecule has 0 bridgehead atoms. The first-order chi connectivity index (χ1) is 13.9. The quantitative estimate of drug-likeness (QED) is 0.558. The molecule has 0 aliphatic rings. The Balaban J connectivity index is 1.54. The molecule has 7 heteroatoms. The van der Waals surface area contributed by atoms with Crippen LogP contribution in [0.15, 0.2) is 60.7 Å². The third kappa shape index (κ3) is 5.70. The fourth-order valence-electron chi connectivity index (χ4n) is 3.06. The standard InChI is InChI=1S/C22H22ClN3O3/c1-26(14-22(28)25-19-12-17(23)8-10-20(19)29-2)13-21(27)24-18-9-7-15-5-3-4-6-16(15)11-18/h3-12H,13-14H2,1-2H3,(H,24,27)(H,25,28)/p+1. The molecule has 150 valence electrons. The molecule has 1 unspecified atom stereocenters. The molecule has 0 radical (unpaired) electrons. The highest BCUT2D eigenvalue weighted by Crippen LogP contribution is 2.27. The Hall–Kier alpha value is -3.09. The van der Waals surface area contributed by atoms with Gasteiger partial charge in [-0.15, -0.1) is 0 Å². The van der Waals surface area contributed by atoms with E-state index in [0.29, 0.717) is 16.5 Å². The van der Waals surface area contributed by atoms with Gasteiger partial charge in [0.05, 0.1) is 19.8 Å². The van der Waals surface area contributed by atoms with E-state index >= 15 is 0 Å². The molecule has 29 heavy (non-hydrogen) atoms. The molecule has 0 fully saturated rings. The van der Waals surface area contributed by atoms with Crippen molar-refractivity contribution in [3.05, 3.63) is 65.7 Å². The molecular formula is C22H23ClN3O3+. The van der Waals surface area contributed by atoms with Gasteiger partial charge in [0, 0.05) is 10.7 Å². The molecule has 0 saturated heterocycles. The second kappa shape index (κ2) is 9.41. The zero-order valence-electron chi connectivity index (χ0n) is 16.3. The molecule has 0 aromatic heterocycles. The van der Waals surface area contributed by atoms with Crippen molar-refractivity contribution in [2.45, 2.75) is 0 Å². The van der Waals surface area contributed by atoms with E-state index in [1.807, 2.05) is 42.5 Å². The van der Waals surface area contributed by atoms with Crippen LogP contribution in [0.5, 0.6) is 5.75 Å². The highest BCUT2D eigenvalue weighted by molar-refractivity contribution is 6.31. The first-order valence-corrected chi connectivity index (χ1v) is 9.56. The lowest BCUT2D eigenvalue weighted by Crippen LogP contribution is -3.11. The minimum atomic E-state index is -0.235. The summed E-state index contributed by atoms with van der Waals surface area (Å²) in [4.78, 5) is 25.4. The van der Waals surface area contributed by atoms with E-state index in [-0.39, 0.29) is 24.9 Å². The number of carbonyl (C=O) groups excluding carboxylic acids is 2. The van der Waals surface area contributed by atoms with E-state index < -0.39 is 0 Å². The first kappa shape index (κ1) is 20.6. The van der Waals surface area contributed by atoms with Gasteiger partial charge in [-0.2, -0.15) is 0 Å². The van der Waals surface area contributed by atoms with E-state index in [0.717, 1.165) is 21.4 Å². The molecule has 3 aromatic carbocycles. The Morgan fingerprint density at radius 2 is 1.62 bits per heavy atom. The Labute approximate surface area is 174 Å². The van der Waals surface area contributed by atoms with Crippen molar-refractivity contribution in [2.75, 3.05) is 37.9 Å². The molecule has 0 aliphatic carbocycles. The molecule has 3 aromatic rings. The fraction of sp³-hybridized carbons (Fsp3) is 0.182. The number of rotatable bonds is 7. The van der Waals surface area contributed by atoms with Crippen molar-refractivity contribution in [1.82, 2.24) is 0 Å². The number of quaternary nitrogens is 1. The SMILES string of the molecule is COc1ccc(Cl)cc1NC(=O)C[NH+](C)CC(=O)Nc1ccc2ccccc2c1. The van der Waals surface area contributed by atoms with Crippen LogP contribution in [0.1, 0.15) is 0 Å². The Morgan fingerprint density at radius 3 is 2.34 bits per heavy atom. The molecular weight excluding hydrogens is 390 g/mol. The maximum atomic E-state index is 12.3. The zero-order valence-corrected chi connectivity index (χ0v) is 17.0. The summed E-state index contributed by atoms with van der Waals surface area (Å²) in [6.07, 6.45) is 0. The van der Waals surface area contributed by atoms with Crippen LogP contribution in [0.3, 0.4) is 0 Å². The maximum Gasteiger partial charge on any atom is 0.279 e. The van der Waals surface area contributed by atoms with Crippen LogP contribution < -0.4 is 20.3 Å². The number of hydrogen-bond acceptors (Lipinski definition) is 3. The summed E-state index contributed by atoms with van der Waals surface area (Å²) >= 11 is 5.98. The largest absolute Gasteiger partial charge is 0.495 e. The number of halogens is 1. The smallest absolute Gasteiger partial charge is 0.279 e. The highest BCUT2D eigenvalue weighted by atomic mass is 35.5. The third-order valence-electron chi connectivity index (χ3n) is 4.39. The molecule has 6 nitrogen and oxygen atoms in total. The average Bonchev–Trinajstić information content (AvgIpc) is 2.67. The van der Waals surface area contributed by atoms with Crippen LogP contribution in [0.4, 0.5) is 11.4 Å². The number of carbonyl (C=O) groups is 2. The lowest BCUT2D eigenvalue weighted by atomic mass is 10.1. The van der Waals surface area contributed by atoms with Gasteiger partial charge in [-0.3, -0.25) is 9.59 Å². The van der Waals surface area contributed by atoms with E-state index in [4.69, 9.17) is 16.3 Å². The summed E-state index contributed by atoms with van der Waals surface area (Å²) in [5.41, 5.74) is 1.23. The van der Waals surface area contributed by atoms with Gasteiger partial charge < -0.3 is 20.3 Å². The number of fused-ring (bicyclic) bond motifs is 1. The van der Waals surface area contributed by atoms with Crippen LogP contribution in [0, 0.1) is 0 Å². The number of anilines is 2. The molecule has 0 saturated carbocycles. The number of nitrogens with one attached hydrogen (secondary N) is 3. The van der Waals surface area contributed by atoms with Gasteiger partial charge in [-0.1, -0.05) is 41.9 Å². The lowest BCUT2D eigenvalue weighted by Gasteiger charge is -2.15. The molecule has 1 atom stereocenters. The van der Waals surface area contributed by atoms with Crippen molar-refractivity contribution in [1.29, 1.82) is 0 Å². The average molecular weight is 413 g/mol. The zero-order chi connectivity index (χ0) is 20.8. The van der Waals surface area contributed by atoms with Crippen molar-refractivity contribution < 1.29 is 19.2 Å². The van der Waals surface area contributed by atoms with Crippen molar-refractivity contribution in [3.63, 3.8) is 0 Å². The second-order valence-electron chi connectivity index (χ2n) is 6.81. The van der Waals surface area contributed by atoms with Gasteiger partial charge in [0.15, 0.2) is 13.1 Å². The highest BCUT2D eigenvalue weighted by Gasteiger charge is 2.16. The molecule has 0 spiro atoms. The molecule has 3 N–H and O–H groups in total. The van der Waals surface area contributed by atoms with Crippen LogP contribution in [-0.2, 0) is 9.59 Å².